The van der Waals surface area contributed by atoms with Crippen LogP contribution in [-0.2, 0) is 0 Å². The molecule has 3 nitrogen and oxygen atoms in total. The van der Waals surface area contributed by atoms with E-state index >= 15 is 0 Å². The van der Waals surface area contributed by atoms with Crippen LogP contribution in [-0.4, -0.2) is 16.0 Å². The molecule has 5 heteroatoms. The lowest BCUT2D eigenvalue weighted by Crippen LogP contribution is -2.04. The molecule has 0 aliphatic carbocycles. The Morgan fingerprint density at radius 2 is 1.75 bits per heavy atom. The van der Waals surface area contributed by atoms with E-state index in [-0.39, 0.29) is 5.78 Å². The molecule has 0 saturated carbocycles. The van der Waals surface area contributed by atoms with Crippen molar-refractivity contribution in [2.75, 3.05) is 0 Å². The lowest BCUT2D eigenvalue weighted by molar-refractivity contribution is 0.103. The second-order valence-electron chi connectivity index (χ2n) is 3.07. The monoisotopic (exact) mass is 340 g/mol. The van der Waals surface area contributed by atoms with E-state index in [9.17, 15) is 4.79 Å². The molecule has 1 aromatic carbocycles. The van der Waals surface area contributed by atoms with Crippen molar-refractivity contribution in [1.29, 1.82) is 0 Å². The number of halogens is 2. The second-order valence-corrected chi connectivity index (χ2v) is 4.63. The van der Waals surface area contributed by atoms with Crippen LogP contribution in [0.2, 0.25) is 0 Å². The number of ketones is 1. The lowest BCUT2D eigenvalue weighted by atomic mass is 10.1. The Kier molecular flexibility index (Phi) is 3.46. The van der Waals surface area contributed by atoms with Crippen molar-refractivity contribution >= 4 is 37.6 Å². The van der Waals surface area contributed by atoms with Gasteiger partial charge in [0.15, 0.2) is 5.78 Å². The van der Waals surface area contributed by atoms with Crippen molar-refractivity contribution in [3.8, 4) is 0 Å². The Hall–Kier alpha value is -1.07. The summed E-state index contributed by atoms with van der Waals surface area (Å²) in [5.41, 5.74) is 1.12. The van der Waals surface area contributed by atoms with Gasteiger partial charge >= 0.3 is 0 Å². The normalized spacial score (nSPS) is 10.1. The summed E-state index contributed by atoms with van der Waals surface area (Å²) in [5, 5.41) is 7.61. The third-order valence-corrected chi connectivity index (χ3v) is 2.97. The number of benzene rings is 1. The van der Waals surface area contributed by atoms with Crippen LogP contribution < -0.4 is 0 Å². The Labute approximate surface area is 109 Å². The quantitative estimate of drug-likeness (QED) is 0.787. The Bertz CT molecular complexity index is 529. The van der Waals surface area contributed by atoms with Crippen molar-refractivity contribution in [3.63, 3.8) is 0 Å². The van der Waals surface area contributed by atoms with Crippen LogP contribution >= 0.6 is 31.9 Å². The van der Waals surface area contributed by atoms with Crippen LogP contribution in [0.1, 0.15) is 15.9 Å². The third-order valence-electron chi connectivity index (χ3n) is 2.00. The molecule has 2 aromatic rings. The van der Waals surface area contributed by atoms with E-state index in [2.05, 4.69) is 42.1 Å². The molecule has 0 saturated heterocycles. The SMILES string of the molecule is O=C(c1ccccc1)c1cc(Br)nnc1Br. The van der Waals surface area contributed by atoms with E-state index in [0.29, 0.717) is 20.3 Å². The molecule has 16 heavy (non-hydrogen) atoms. The number of carbonyl (C=O) groups excluding carboxylic acids is 1. The first-order valence-corrected chi connectivity index (χ1v) is 6.05. The van der Waals surface area contributed by atoms with E-state index in [4.69, 9.17) is 0 Å². The van der Waals surface area contributed by atoms with Gasteiger partial charge in [-0.25, -0.2) is 0 Å². The van der Waals surface area contributed by atoms with Crippen molar-refractivity contribution < 1.29 is 4.79 Å². The van der Waals surface area contributed by atoms with Crippen molar-refractivity contribution in [2.45, 2.75) is 0 Å². The van der Waals surface area contributed by atoms with Gasteiger partial charge in [0.25, 0.3) is 0 Å². The van der Waals surface area contributed by atoms with E-state index in [0.717, 1.165) is 0 Å². The molecule has 0 fully saturated rings. The van der Waals surface area contributed by atoms with Crippen LogP contribution in [0.4, 0.5) is 0 Å². The maximum atomic E-state index is 12.1. The Morgan fingerprint density at radius 1 is 1.06 bits per heavy atom. The van der Waals surface area contributed by atoms with Crippen LogP contribution in [0.5, 0.6) is 0 Å². The number of nitrogens with zero attached hydrogens (tertiary/aromatic N) is 2. The summed E-state index contributed by atoms with van der Waals surface area (Å²) in [6.07, 6.45) is 0. The highest BCUT2D eigenvalue weighted by molar-refractivity contribution is 9.10. The fraction of sp³-hybridized carbons (Fsp3) is 0. The standard InChI is InChI=1S/C11H6Br2N2O/c12-9-6-8(11(13)15-14-9)10(16)7-4-2-1-3-5-7/h1-6H. The maximum Gasteiger partial charge on any atom is 0.195 e. The van der Waals surface area contributed by atoms with Crippen LogP contribution in [0.3, 0.4) is 0 Å². The van der Waals surface area contributed by atoms with E-state index < -0.39 is 0 Å². The molecule has 0 aliphatic heterocycles. The van der Waals surface area contributed by atoms with Crippen LogP contribution in [0.25, 0.3) is 0 Å². The lowest BCUT2D eigenvalue weighted by Gasteiger charge is -2.02. The first-order valence-electron chi connectivity index (χ1n) is 4.47. The zero-order chi connectivity index (χ0) is 11.5. The minimum absolute atomic E-state index is 0.0805. The van der Waals surface area contributed by atoms with Gasteiger partial charge in [-0.3, -0.25) is 4.79 Å². The largest absolute Gasteiger partial charge is 0.289 e. The van der Waals surface area contributed by atoms with E-state index in [1.54, 1.807) is 18.2 Å². The summed E-state index contributed by atoms with van der Waals surface area (Å²) in [7, 11) is 0. The van der Waals surface area contributed by atoms with Crippen LogP contribution in [0.15, 0.2) is 45.6 Å². The first-order chi connectivity index (χ1) is 7.68. The summed E-state index contributed by atoms with van der Waals surface area (Å²) in [6, 6.07) is 10.7. The second kappa shape index (κ2) is 4.84. The van der Waals surface area contributed by atoms with Gasteiger partial charge in [-0.15, -0.1) is 10.2 Å². The highest BCUT2D eigenvalue weighted by Gasteiger charge is 2.14. The van der Waals surface area contributed by atoms with Gasteiger partial charge in [0, 0.05) is 5.56 Å². The summed E-state index contributed by atoms with van der Waals surface area (Å²) in [5.74, 6) is -0.0805. The average Bonchev–Trinajstić information content (AvgIpc) is 2.32. The Balaban J connectivity index is 2.46. The molecule has 0 atom stereocenters. The fourth-order valence-electron chi connectivity index (χ4n) is 1.26. The van der Waals surface area contributed by atoms with Gasteiger partial charge in [0.05, 0.1) is 5.56 Å². The molecule has 0 N–H and O–H groups in total. The molecule has 0 aliphatic rings. The predicted molar refractivity (Wildman–Crippen MR) is 67.3 cm³/mol. The average molecular weight is 342 g/mol. The molecule has 0 radical (unpaired) electrons. The van der Waals surface area contributed by atoms with Gasteiger partial charge < -0.3 is 0 Å². The van der Waals surface area contributed by atoms with Crippen molar-refractivity contribution in [2.24, 2.45) is 0 Å². The highest BCUT2D eigenvalue weighted by Crippen LogP contribution is 2.19. The van der Waals surface area contributed by atoms with Gasteiger partial charge in [-0.1, -0.05) is 30.3 Å². The zero-order valence-electron chi connectivity index (χ0n) is 8.02. The number of hydrogen-bond donors (Lipinski definition) is 0. The zero-order valence-corrected chi connectivity index (χ0v) is 11.2. The Morgan fingerprint density at radius 3 is 2.44 bits per heavy atom. The molecular weight excluding hydrogens is 336 g/mol. The number of carbonyl (C=O) groups is 1. The van der Waals surface area contributed by atoms with Crippen molar-refractivity contribution in [3.05, 3.63) is 56.7 Å². The molecule has 80 valence electrons. The molecule has 1 aromatic heterocycles. The van der Waals surface area contributed by atoms with Gasteiger partial charge in [0.2, 0.25) is 0 Å². The fourth-order valence-corrected chi connectivity index (χ4v) is 1.94. The minimum atomic E-state index is -0.0805. The summed E-state index contributed by atoms with van der Waals surface area (Å²) < 4.78 is 0.986. The van der Waals surface area contributed by atoms with Gasteiger partial charge in [-0.05, 0) is 37.9 Å². The minimum Gasteiger partial charge on any atom is -0.289 e. The molecule has 0 bridgehead atoms. The molecule has 0 amide bonds. The highest BCUT2D eigenvalue weighted by atomic mass is 79.9. The van der Waals surface area contributed by atoms with E-state index in [1.807, 2.05) is 18.2 Å². The maximum absolute atomic E-state index is 12.1. The topological polar surface area (TPSA) is 42.9 Å². The number of hydrogen-bond acceptors (Lipinski definition) is 3. The van der Waals surface area contributed by atoms with Gasteiger partial charge in [0.1, 0.15) is 9.21 Å². The molecule has 0 unspecified atom stereocenters. The van der Waals surface area contributed by atoms with Crippen LogP contribution in [0, 0.1) is 0 Å². The smallest absolute Gasteiger partial charge is 0.195 e. The summed E-state index contributed by atoms with van der Waals surface area (Å²) in [6.45, 7) is 0. The van der Waals surface area contributed by atoms with Crippen molar-refractivity contribution in [1.82, 2.24) is 10.2 Å². The number of rotatable bonds is 2. The molecule has 1 heterocycles. The number of aromatic nitrogens is 2. The molecular formula is C11H6Br2N2O. The predicted octanol–water partition coefficient (Wildman–Crippen LogP) is 3.23. The first kappa shape index (κ1) is 11.4. The van der Waals surface area contributed by atoms with E-state index in [1.165, 1.54) is 0 Å². The third kappa shape index (κ3) is 2.36. The summed E-state index contributed by atoms with van der Waals surface area (Å²) >= 11 is 6.40. The van der Waals surface area contributed by atoms with Gasteiger partial charge in [-0.2, -0.15) is 0 Å². The summed E-state index contributed by atoms with van der Waals surface area (Å²) in [4.78, 5) is 12.1. The molecule has 0 spiro atoms. The molecule has 2 rings (SSSR count).